The summed E-state index contributed by atoms with van der Waals surface area (Å²) < 4.78 is 1.00. The highest BCUT2D eigenvalue weighted by molar-refractivity contribution is 9.10. The summed E-state index contributed by atoms with van der Waals surface area (Å²) in [6, 6.07) is 7.74. The fourth-order valence-corrected chi connectivity index (χ4v) is 2.03. The number of carbonyl (C=O) groups excluding carboxylic acids is 2. The normalized spacial score (nSPS) is 15.5. The monoisotopic (exact) mass is 296 g/mol. The molecule has 90 valence electrons. The Bertz CT molecular complexity index is 428. The first-order chi connectivity index (χ1) is 8.08. The summed E-state index contributed by atoms with van der Waals surface area (Å²) >= 11 is 3.36. The third kappa shape index (κ3) is 2.66. The lowest BCUT2D eigenvalue weighted by molar-refractivity contribution is -0.138. The van der Waals surface area contributed by atoms with E-state index < -0.39 is 0 Å². The molecule has 1 heterocycles. The lowest BCUT2D eigenvalue weighted by Gasteiger charge is -2.24. The molecular weight excluding hydrogens is 284 g/mol. The van der Waals surface area contributed by atoms with E-state index in [-0.39, 0.29) is 11.8 Å². The number of nitrogens with zero attached hydrogens (tertiary/aromatic N) is 2. The van der Waals surface area contributed by atoms with Crippen LogP contribution >= 0.6 is 15.9 Å². The number of carbonyl (C=O) groups is 2. The van der Waals surface area contributed by atoms with Crippen LogP contribution in [0.1, 0.15) is 12.8 Å². The van der Waals surface area contributed by atoms with Gasteiger partial charge in [-0.2, -0.15) is 0 Å². The van der Waals surface area contributed by atoms with Gasteiger partial charge >= 0.3 is 0 Å². The maximum atomic E-state index is 11.5. The summed E-state index contributed by atoms with van der Waals surface area (Å²) in [6.45, 7) is 0.319. The van der Waals surface area contributed by atoms with Crippen molar-refractivity contribution in [2.75, 3.05) is 18.6 Å². The molecule has 1 fully saturated rings. The van der Waals surface area contributed by atoms with Crippen LogP contribution in [0, 0.1) is 0 Å². The Hall–Kier alpha value is -1.36. The molecule has 0 unspecified atom stereocenters. The van der Waals surface area contributed by atoms with E-state index in [0.29, 0.717) is 19.5 Å². The number of amides is 2. The van der Waals surface area contributed by atoms with Crippen LogP contribution in [0.3, 0.4) is 0 Å². The van der Waals surface area contributed by atoms with Crippen LogP contribution in [-0.2, 0) is 9.59 Å². The highest BCUT2D eigenvalue weighted by atomic mass is 79.9. The molecule has 1 aliphatic rings. The van der Waals surface area contributed by atoms with Gasteiger partial charge in [0.1, 0.15) is 6.67 Å². The second kappa shape index (κ2) is 4.87. The minimum absolute atomic E-state index is 0.0843. The molecule has 0 radical (unpaired) electrons. The zero-order valence-electron chi connectivity index (χ0n) is 9.52. The maximum Gasteiger partial charge on any atom is 0.231 e. The Kier molecular flexibility index (Phi) is 3.47. The number of hydrogen-bond acceptors (Lipinski definition) is 3. The van der Waals surface area contributed by atoms with Crippen LogP contribution in [0.5, 0.6) is 0 Å². The second-order valence-corrected chi connectivity index (χ2v) is 4.95. The van der Waals surface area contributed by atoms with Gasteiger partial charge in [0.15, 0.2) is 0 Å². The van der Waals surface area contributed by atoms with Gasteiger partial charge in [-0.15, -0.1) is 0 Å². The first-order valence-electron chi connectivity index (χ1n) is 5.38. The van der Waals surface area contributed by atoms with E-state index in [4.69, 9.17) is 0 Å². The Labute approximate surface area is 108 Å². The number of halogens is 1. The number of anilines is 1. The van der Waals surface area contributed by atoms with Gasteiger partial charge in [-0.1, -0.05) is 15.9 Å². The van der Waals surface area contributed by atoms with Crippen molar-refractivity contribution < 1.29 is 9.59 Å². The first-order valence-corrected chi connectivity index (χ1v) is 6.17. The average molecular weight is 297 g/mol. The molecule has 0 saturated carbocycles. The number of benzene rings is 1. The zero-order valence-corrected chi connectivity index (χ0v) is 11.1. The smallest absolute Gasteiger partial charge is 0.231 e. The second-order valence-electron chi connectivity index (χ2n) is 4.03. The molecule has 1 aromatic rings. The fraction of sp³-hybridized carbons (Fsp3) is 0.333. The van der Waals surface area contributed by atoms with Crippen LogP contribution in [0.2, 0.25) is 0 Å². The van der Waals surface area contributed by atoms with Gasteiger partial charge in [0.05, 0.1) is 0 Å². The first kappa shape index (κ1) is 12.1. The summed E-state index contributed by atoms with van der Waals surface area (Å²) in [7, 11) is 1.86. The highest BCUT2D eigenvalue weighted by Crippen LogP contribution is 2.19. The molecule has 1 saturated heterocycles. The van der Waals surface area contributed by atoms with Gasteiger partial charge < -0.3 is 4.90 Å². The van der Waals surface area contributed by atoms with E-state index in [9.17, 15) is 9.59 Å². The van der Waals surface area contributed by atoms with Crippen LogP contribution in [0.4, 0.5) is 5.69 Å². The molecule has 17 heavy (non-hydrogen) atoms. The van der Waals surface area contributed by atoms with E-state index in [1.807, 2.05) is 36.2 Å². The lowest BCUT2D eigenvalue weighted by atomic mass is 10.3. The molecule has 0 spiro atoms. The highest BCUT2D eigenvalue weighted by Gasteiger charge is 2.29. The van der Waals surface area contributed by atoms with Gasteiger partial charge in [0, 0.05) is 30.0 Å². The van der Waals surface area contributed by atoms with Crippen molar-refractivity contribution in [2.24, 2.45) is 0 Å². The zero-order chi connectivity index (χ0) is 12.4. The molecule has 1 aromatic carbocycles. The van der Waals surface area contributed by atoms with Crippen molar-refractivity contribution in [1.82, 2.24) is 4.90 Å². The van der Waals surface area contributed by atoms with Gasteiger partial charge in [0.25, 0.3) is 0 Å². The van der Waals surface area contributed by atoms with E-state index in [1.54, 1.807) is 0 Å². The molecule has 1 aliphatic heterocycles. The van der Waals surface area contributed by atoms with Crippen molar-refractivity contribution in [3.8, 4) is 0 Å². The van der Waals surface area contributed by atoms with Gasteiger partial charge in [-0.25, -0.2) is 0 Å². The van der Waals surface area contributed by atoms with E-state index in [0.717, 1.165) is 10.2 Å². The van der Waals surface area contributed by atoms with Crippen molar-refractivity contribution in [2.45, 2.75) is 12.8 Å². The van der Waals surface area contributed by atoms with Gasteiger partial charge in [0.2, 0.25) is 11.8 Å². The summed E-state index contributed by atoms with van der Waals surface area (Å²) in [5.74, 6) is -0.169. The maximum absolute atomic E-state index is 11.5. The molecule has 0 atom stereocenters. The van der Waals surface area contributed by atoms with Crippen LogP contribution in [0.15, 0.2) is 28.7 Å². The van der Waals surface area contributed by atoms with E-state index in [1.165, 1.54) is 4.90 Å². The SMILES string of the molecule is CN(CN1C(=O)CCC1=O)c1ccc(Br)cc1. The Balaban J connectivity index is 2.06. The molecule has 4 nitrogen and oxygen atoms in total. The largest absolute Gasteiger partial charge is 0.356 e. The quantitative estimate of drug-likeness (QED) is 0.801. The number of likely N-dealkylation sites (tertiary alicyclic amines) is 1. The molecule has 5 heteroatoms. The topological polar surface area (TPSA) is 40.6 Å². The van der Waals surface area contributed by atoms with Crippen molar-refractivity contribution in [3.05, 3.63) is 28.7 Å². The van der Waals surface area contributed by atoms with Crippen LogP contribution in [0.25, 0.3) is 0 Å². The molecular formula is C12H13BrN2O2. The average Bonchev–Trinajstić information content (AvgIpc) is 2.61. The molecule has 2 rings (SSSR count). The summed E-state index contributed by atoms with van der Waals surface area (Å²) in [5.41, 5.74) is 0.973. The summed E-state index contributed by atoms with van der Waals surface area (Å²) in [6.07, 6.45) is 0.681. The minimum atomic E-state index is -0.0843. The Morgan fingerprint density at radius 2 is 1.71 bits per heavy atom. The summed E-state index contributed by atoms with van der Waals surface area (Å²) in [5, 5.41) is 0. The number of rotatable bonds is 3. The fourth-order valence-electron chi connectivity index (χ4n) is 1.77. The lowest BCUT2D eigenvalue weighted by Crippen LogP contribution is -2.39. The Morgan fingerprint density at radius 3 is 2.24 bits per heavy atom. The van der Waals surface area contributed by atoms with E-state index >= 15 is 0 Å². The van der Waals surface area contributed by atoms with Crippen molar-refractivity contribution in [1.29, 1.82) is 0 Å². The number of hydrogen-bond donors (Lipinski definition) is 0. The van der Waals surface area contributed by atoms with Gasteiger partial charge in [-0.3, -0.25) is 14.5 Å². The predicted molar refractivity (Wildman–Crippen MR) is 68.5 cm³/mol. The minimum Gasteiger partial charge on any atom is -0.356 e. The molecule has 0 N–H and O–H groups in total. The third-order valence-electron chi connectivity index (χ3n) is 2.78. The molecule has 2 amide bonds. The van der Waals surface area contributed by atoms with Crippen molar-refractivity contribution >= 4 is 33.4 Å². The summed E-state index contributed by atoms with van der Waals surface area (Å²) in [4.78, 5) is 26.1. The van der Waals surface area contributed by atoms with Crippen molar-refractivity contribution in [3.63, 3.8) is 0 Å². The van der Waals surface area contributed by atoms with Crippen LogP contribution in [-0.4, -0.2) is 30.4 Å². The predicted octanol–water partition coefficient (Wildman–Crippen LogP) is 1.99. The third-order valence-corrected chi connectivity index (χ3v) is 3.30. The number of imide groups is 1. The van der Waals surface area contributed by atoms with Gasteiger partial charge in [-0.05, 0) is 24.3 Å². The van der Waals surface area contributed by atoms with Crippen LogP contribution < -0.4 is 4.90 Å². The Morgan fingerprint density at radius 1 is 1.18 bits per heavy atom. The van der Waals surface area contributed by atoms with E-state index in [2.05, 4.69) is 15.9 Å². The standard InChI is InChI=1S/C12H13BrN2O2/c1-14(10-4-2-9(13)3-5-10)8-15-11(16)6-7-12(15)17/h2-5H,6-8H2,1H3. The molecule has 0 bridgehead atoms. The molecule has 0 aromatic heterocycles. The molecule has 0 aliphatic carbocycles.